The monoisotopic (exact) mass is 264 g/mol. The standard InChI is InChI=1S/C11H20O5S/c1-4-7-10(5-2)8-16-17(13,14)9-15-11(12)6-3/h6,10H,3-5,7-9H2,1-2H3. The third-order valence-corrected chi connectivity index (χ3v) is 3.17. The first-order chi connectivity index (χ1) is 7.95. The molecular formula is C11H20O5S. The topological polar surface area (TPSA) is 69.7 Å². The summed E-state index contributed by atoms with van der Waals surface area (Å²) in [7, 11) is -3.80. The largest absolute Gasteiger partial charge is 0.444 e. The van der Waals surface area contributed by atoms with Gasteiger partial charge in [-0.2, -0.15) is 8.42 Å². The van der Waals surface area contributed by atoms with Crippen molar-refractivity contribution in [3.63, 3.8) is 0 Å². The first kappa shape index (κ1) is 16.1. The Morgan fingerprint density at radius 3 is 2.53 bits per heavy atom. The Labute approximate surface area is 103 Å². The minimum Gasteiger partial charge on any atom is -0.444 e. The molecule has 0 aromatic heterocycles. The van der Waals surface area contributed by atoms with Crippen molar-refractivity contribution in [2.45, 2.75) is 33.1 Å². The zero-order valence-electron chi connectivity index (χ0n) is 10.3. The second-order valence-corrected chi connectivity index (χ2v) is 5.28. The van der Waals surface area contributed by atoms with E-state index >= 15 is 0 Å². The van der Waals surface area contributed by atoms with Gasteiger partial charge in [-0.25, -0.2) is 4.79 Å². The first-order valence-electron chi connectivity index (χ1n) is 5.61. The van der Waals surface area contributed by atoms with Gasteiger partial charge in [-0.1, -0.05) is 33.3 Å². The highest BCUT2D eigenvalue weighted by molar-refractivity contribution is 7.86. The molecule has 5 nitrogen and oxygen atoms in total. The highest BCUT2D eigenvalue weighted by atomic mass is 32.2. The molecule has 0 bridgehead atoms. The van der Waals surface area contributed by atoms with Crippen LogP contribution in [0.3, 0.4) is 0 Å². The van der Waals surface area contributed by atoms with E-state index in [1.165, 1.54) is 0 Å². The molecular weight excluding hydrogens is 244 g/mol. The summed E-state index contributed by atoms with van der Waals surface area (Å²) >= 11 is 0. The van der Waals surface area contributed by atoms with Crippen molar-refractivity contribution >= 4 is 16.1 Å². The van der Waals surface area contributed by atoms with Crippen LogP contribution in [0.1, 0.15) is 33.1 Å². The van der Waals surface area contributed by atoms with Gasteiger partial charge in [0.25, 0.3) is 0 Å². The lowest BCUT2D eigenvalue weighted by atomic mass is 10.0. The van der Waals surface area contributed by atoms with E-state index in [0.29, 0.717) is 0 Å². The fourth-order valence-electron chi connectivity index (χ4n) is 1.24. The Kier molecular flexibility index (Phi) is 7.82. The minimum atomic E-state index is -3.80. The normalized spacial score (nSPS) is 13.1. The van der Waals surface area contributed by atoms with Crippen molar-refractivity contribution in [3.05, 3.63) is 12.7 Å². The predicted octanol–water partition coefficient (Wildman–Crippen LogP) is 1.85. The molecule has 0 rings (SSSR count). The number of esters is 1. The molecule has 0 saturated heterocycles. The first-order valence-corrected chi connectivity index (χ1v) is 7.19. The average molecular weight is 264 g/mol. The van der Waals surface area contributed by atoms with Gasteiger partial charge in [-0.3, -0.25) is 4.18 Å². The third-order valence-electron chi connectivity index (χ3n) is 2.27. The molecule has 0 saturated carbocycles. The minimum absolute atomic E-state index is 0.137. The van der Waals surface area contributed by atoms with Crippen LogP contribution in [-0.4, -0.2) is 26.9 Å². The molecule has 1 atom stereocenters. The van der Waals surface area contributed by atoms with E-state index in [1.54, 1.807) is 0 Å². The highest BCUT2D eigenvalue weighted by Crippen LogP contribution is 2.12. The lowest BCUT2D eigenvalue weighted by molar-refractivity contribution is -0.135. The maximum Gasteiger partial charge on any atom is 0.331 e. The fourth-order valence-corrected chi connectivity index (χ4v) is 1.96. The lowest BCUT2D eigenvalue weighted by Gasteiger charge is -2.13. The van der Waals surface area contributed by atoms with Crippen molar-refractivity contribution in [1.82, 2.24) is 0 Å². The SMILES string of the molecule is C=CC(=O)OCS(=O)(=O)OCC(CC)CCC. The second-order valence-electron chi connectivity index (χ2n) is 3.69. The van der Waals surface area contributed by atoms with Crippen LogP contribution in [0.4, 0.5) is 0 Å². The maximum absolute atomic E-state index is 11.3. The van der Waals surface area contributed by atoms with Crippen LogP contribution in [0.5, 0.6) is 0 Å². The van der Waals surface area contributed by atoms with E-state index in [2.05, 4.69) is 11.3 Å². The van der Waals surface area contributed by atoms with Gasteiger partial charge in [-0.15, -0.1) is 0 Å². The summed E-state index contributed by atoms with van der Waals surface area (Å²) in [6.45, 7) is 7.31. The number of hydrogen-bond donors (Lipinski definition) is 0. The van der Waals surface area contributed by atoms with E-state index in [4.69, 9.17) is 4.18 Å². The van der Waals surface area contributed by atoms with Crippen molar-refractivity contribution < 1.29 is 22.1 Å². The highest BCUT2D eigenvalue weighted by Gasteiger charge is 2.16. The molecule has 0 N–H and O–H groups in total. The van der Waals surface area contributed by atoms with Crippen molar-refractivity contribution in [1.29, 1.82) is 0 Å². The van der Waals surface area contributed by atoms with Crippen LogP contribution < -0.4 is 0 Å². The lowest BCUT2D eigenvalue weighted by Crippen LogP contribution is -2.19. The fraction of sp³-hybridized carbons (Fsp3) is 0.727. The van der Waals surface area contributed by atoms with Crippen LogP contribution in [0.2, 0.25) is 0 Å². The second kappa shape index (κ2) is 8.25. The summed E-state index contributed by atoms with van der Waals surface area (Å²) in [6, 6.07) is 0. The van der Waals surface area contributed by atoms with E-state index < -0.39 is 22.0 Å². The van der Waals surface area contributed by atoms with Gasteiger partial charge in [0, 0.05) is 6.08 Å². The number of hydrogen-bond acceptors (Lipinski definition) is 5. The van der Waals surface area contributed by atoms with Crippen LogP contribution in [0.25, 0.3) is 0 Å². The quantitative estimate of drug-likeness (QED) is 0.361. The van der Waals surface area contributed by atoms with Crippen molar-refractivity contribution in [2.24, 2.45) is 5.92 Å². The summed E-state index contributed by atoms with van der Waals surface area (Å²) in [5, 5.41) is 0. The van der Waals surface area contributed by atoms with Gasteiger partial charge in [0.15, 0.2) is 0 Å². The Hall–Kier alpha value is -0.880. The molecule has 0 amide bonds. The number of carbonyl (C=O) groups is 1. The molecule has 1 unspecified atom stereocenters. The molecule has 0 aromatic carbocycles. The number of ether oxygens (including phenoxy) is 1. The van der Waals surface area contributed by atoms with Gasteiger partial charge in [-0.05, 0) is 12.3 Å². The Bertz CT molecular complexity index is 334. The number of rotatable bonds is 9. The zero-order chi connectivity index (χ0) is 13.3. The van der Waals surface area contributed by atoms with E-state index in [0.717, 1.165) is 25.3 Å². The average Bonchev–Trinajstić information content (AvgIpc) is 2.31. The van der Waals surface area contributed by atoms with Gasteiger partial charge in [0.1, 0.15) is 0 Å². The maximum atomic E-state index is 11.3. The smallest absolute Gasteiger partial charge is 0.331 e. The third kappa shape index (κ3) is 7.93. The summed E-state index contributed by atoms with van der Waals surface area (Å²) in [5.74, 6) is -1.33. The summed E-state index contributed by atoms with van der Waals surface area (Å²) < 4.78 is 31.9. The molecule has 0 radical (unpaired) electrons. The Morgan fingerprint density at radius 1 is 1.41 bits per heavy atom. The van der Waals surface area contributed by atoms with E-state index in [1.807, 2.05) is 13.8 Å². The molecule has 0 fully saturated rings. The molecule has 0 aromatic rings. The molecule has 17 heavy (non-hydrogen) atoms. The van der Waals surface area contributed by atoms with Gasteiger partial charge < -0.3 is 4.74 Å². The molecule has 0 heterocycles. The van der Waals surface area contributed by atoms with Gasteiger partial charge in [0.2, 0.25) is 5.94 Å². The van der Waals surface area contributed by atoms with E-state index in [-0.39, 0.29) is 12.5 Å². The summed E-state index contributed by atoms with van der Waals surface area (Å²) in [4.78, 5) is 10.7. The van der Waals surface area contributed by atoms with E-state index in [9.17, 15) is 13.2 Å². The molecule has 0 spiro atoms. The number of carbonyl (C=O) groups excluding carboxylic acids is 1. The summed E-state index contributed by atoms with van der Waals surface area (Å²) in [6.07, 6.45) is 3.66. The Morgan fingerprint density at radius 2 is 2.06 bits per heavy atom. The van der Waals surface area contributed by atoms with Gasteiger partial charge >= 0.3 is 16.1 Å². The molecule has 0 aliphatic carbocycles. The zero-order valence-corrected chi connectivity index (χ0v) is 11.2. The molecule has 6 heteroatoms. The molecule has 100 valence electrons. The van der Waals surface area contributed by atoms with Crippen molar-refractivity contribution in [3.8, 4) is 0 Å². The van der Waals surface area contributed by atoms with Crippen LogP contribution in [0.15, 0.2) is 12.7 Å². The van der Waals surface area contributed by atoms with Crippen LogP contribution in [0, 0.1) is 5.92 Å². The Balaban J connectivity index is 4.08. The van der Waals surface area contributed by atoms with Crippen LogP contribution in [-0.2, 0) is 23.8 Å². The molecule has 0 aliphatic heterocycles. The van der Waals surface area contributed by atoms with Crippen LogP contribution >= 0.6 is 0 Å². The van der Waals surface area contributed by atoms with Crippen molar-refractivity contribution in [2.75, 3.05) is 12.5 Å². The molecule has 0 aliphatic rings. The predicted molar refractivity (Wildman–Crippen MR) is 64.7 cm³/mol. The summed E-state index contributed by atoms with van der Waals surface area (Å²) in [5.41, 5.74) is 0. The van der Waals surface area contributed by atoms with Gasteiger partial charge in [0.05, 0.1) is 6.61 Å².